The molecule has 1 fully saturated rings. The molecule has 2 heterocycles. The third-order valence-corrected chi connectivity index (χ3v) is 8.72. The highest BCUT2D eigenvalue weighted by atomic mass is 32.2. The van der Waals surface area contributed by atoms with Crippen LogP contribution in [0.4, 0.5) is 11.4 Å². The molecule has 9 nitrogen and oxygen atoms in total. The summed E-state index contributed by atoms with van der Waals surface area (Å²) in [6.07, 6.45) is 7.86. The fraction of sp³-hybridized carbons (Fsp3) is 0.406. The van der Waals surface area contributed by atoms with Crippen molar-refractivity contribution in [1.82, 2.24) is 4.90 Å². The molecule has 228 valence electrons. The standard InChI is InChI=1S/C32H37N3O6S2/c1-2-41-23-18-16-22(17-19-23)33-26(36)21-35-25-14-11-10-13-24(25)28(30(35)39)29-31(40)34(32(42)43-29)20-12-8-6-4-3-5-7-9-15-27(37)38/h10-11,13-14,16-19H,2-9,12,15,20-21H2,1H3,(H,33,36)(H,37,38). The van der Waals surface area contributed by atoms with Gasteiger partial charge in [-0.3, -0.25) is 29.0 Å². The number of aliphatic carboxylic acids is 1. The van der Waals surface area contributed by atoms with Gasteiger partial charge in [0.15, 0.2) is 0 Å². The Morgan fingerprint density at radius 3 is 2.21 bits per heavy atom. The van der Waals surface area contributed by atoms with Crippen molar-refractivity contribution < 1.29 is 29.0 Å². The van der Waals surface area contributed by atoms with Gasteiger partial charge >= 0.3 is 5.97 Å². The van der Waals surface area contributed by atoms with E-state index in [0.29, 0.717) is 45.1 Å². The average Bonchev–Trinajstić information content (AvgIpc) is 3.41. The maximum atomic E-state index is 13.7. The molecule has 0 unspecified atom stereocenters. The van der Waals surface area contributed by atoms with Crippen molar-refractivity contribution in [2.24, 2.45) is 0 Å². The third kappa shape index (κ3) is 8.45. The predicted molar refractivity (Wildman–Crippen MR) is 173 cm³/mol. The molecule has 43 heavy (non-hydrogen) atoms. The number of thiocarbonyl (C=S) groups is 1. The summed E-state index contributed by atoms with van der Waals surface area (Å²) in [6, 6.07) is 14.2. The van der Waals surface area contributed by atoms with Gasteiger partial charge in [0.2, 0.25) is 5.91 Å². The molecular formula is C32H37N3O6S2. The molecule has 0 bridgehead atoms. The number of nitrogens with zero attached hydrogens (tertiary/aromatic N) is 2. The Bertz CT molecular complexity index is 1390. The highest BCUT2D eigenvalue weighted by molar-refractivity contribution is 8.26. The van der Waals surface area contributed by atoms with Crippen LogP contribution in [0.1, 0.15) is 70.3 Å². The minimum Gasteiger partial charge on any atom is -0.494 e. The molecule has 3 amide bonds. The lowest BCUT2D eigenvalue weighted by Crippen LogP contribution is -2.35. The zero-order chi connectivity index (χ0) is 30.8. The van der Waals surface area contributed by atoms with Crippen LogP contribution in [-0.2, 0) is 19.2 Å². The SMILES string of the molecule is CCOc1ccc(NC(=O)CN2C(=O)C(=C3SC(=S)N(CCCCCCCCCCC(=O)O)C3=O)c3ccccc32)cc1. The molecule has 2 aromatic rings. The van der Waals surface area contributed by atoms with Crippen molar-refractivity contribution in [3.8, 4) is 5.75 Å². The van der Waals surface area contributed by atoms with Crippen LogP contribution >= 0.6 is 24.0 Å². The summed E-state index contributed by atoms with van der Waals surface area (Å²) < 4.78 is 5.87. The van der Waals surface area contributed by atoms with Gasteiger partial charge in [-0.25, -0.2) is 0 Å². The molecule has 2 N–H and O–H groups in total. The Morgan fingerprint density at radius 2 is 1.53 bits per heavy atom. The van der Waals surface area contributed by atoms with Crippen molar-refractivity contribution in [3.05, 3.63) is 59.0 Å². The molecule has 0 aromatic heterocycles. The fourth-order valence-electron chi connectivity index (χ4n) is 5.15. The van der Waals surface area contributed by atoms with Crippen LogP contribution in [0.15, 0.2) is 53.4 Å². The molecule has 0 atom stereocenters. The molecule has 2 aromatic carbocycles. The summed E-state index contributed by atoms with van der Waals surface area (Å²) in [6.45, 7) is 2.73. The number of carboxylic acids is 1. The van der Waals surface area contributed by atoms with E-state index in [4.69, 9.17) is 22.1 Å². The number of hydrogen-bond acceptors (Lipinski definition) is 7. The second-order valence-corrected chi connectivity index (χ2v) is 12.1. The van der Waals surface area contributed by atoms with Crippen molar-refractivity contribution in [2.45, 2.75) is 64.7 Å². The number of fused-ring (bicyclic) bond motifs is 1. The Labute approximate surface area is 261 Å². The summed E-state index contributed by atoms with van der Waals surface area (Å²) in [5.41, 5.74) is 2.07. The zero-order valence-electron chi connectivity index (χ0n) is 24.3. The first-order chi connectivity index (χ1) is 20.8. The van der Waals surface area contributed by atoms with Crippen LogP contribution in [0.3, 0.4) is 0 Å². The lowest BCUT2D eigenvalue weighted by Gasteiger charge is -2.17. The van der Waals surface area contributed by atoms with E-state index >= 15 is 0 Å². The number of anilines is 2. The largest absolute Gasteiger partial charge is 0.494 e. The summed E-state index contributed by atoms with van der Waals surface area (Å²) >= 11 is 6.68. The highest BCUT2D eigenvalue weighted by Crippen LogP contribution is 2.44. The van der Waals surface area contributed by atoms with Gasteiger partial charge in [-0.05, 0) is 50.1 Å². The van der Waals surface area contributed by atoms with E-state index in [1.54, 1.807) is 47.4 Å². The number of ether oxygens (including phenoxy) is 1. The van der Waals surface area contributed by atoms with Crippen molar-refractivity contribution in [1.29, 1.82) is 0 Å². The lowest BCUT2D eigenvalue weighted by atomic mass is 10.1. The van der Waals surface area contributed by atoms with Crippen LogP contribution in [-0.4, -0.2) is 57.7 Å². The first-order valence-electron chi connectivity index (χ1n) is 14.7. The summed E-state index contributed by atoms with van der Waals surface area (Å²) in [4.78, 5) is 54.0. The van der Waals surface area contributed by atoms with E-state index in [1.807, 2.05) is 13.0 Å². The number of nitrogens with one attached hydrogen (secondary N) is 1. The monoisotopic (exact) mass is 623 g/mol. The molecular weight excluding hydrogens is 587 g/mol. The third-order valence-electron chi connectivity index (χ3n) is 7.27. The predicted octanol–water partition coefficient (Wildman–Crippen LogP) is 6.24. The van der Waals surface area contributed by atoms with Gasteiger partial charge in [0.05, 0.1) is 22.8 Å². The topological polar surface area (TPSA) is 116 Å². The Hall–Kier alpha value is -3.70. The molecule has 2 aliphatic rings. The number of rotatable bonds is 16. The Morgan fingerprint density at radius 1 is 0.884 bits per heavy atom. The molecule has 11 heteroatoms. The normalized spacial score (nSPS) is 16.2. The van der Waals surface area contributed by atoms with E-state index in [2.05, 4.69) is 5.32 Å². The van der Waals surface area contributed by atoms with Gasteiger partial charge in [0.1, 0.15) is 16.6 Å². The van der Waals surface area contributed by atoms with Gasteiger partial charge in [-0.15, -0.1) is 0 Å². The minimum atomic E-state index is -0.742. The van der Waals surface area contributed by atoms with Crippen molar-refractivity contribution in [2.75, 3.05) is 29.9 Å². The van der Waals surface area contributed by atoms with E-state index in [1.165, 1.54) is 4.90 Å². The molecule has 1 saturated heterocycles. The van der Waals surface area contributed by atoms with E-state index in [-0.39, 0.29) is 30.4 Å². The maximum absolute atomic E-state index is 13.7. The first-order valence-corrected chi connectivity index (χ1v) is 16.0. The summed E-state index contributed by atoms with van der Waals surface area (Å²) in [5, 5.41) is 11.5. The second-order valence-electron chi connectivity index (χ2n) is 10.4. The van der Waals surface area contributed by atoms with Crippen molar-refractivity contribution in [3.63, 3.8) is 0 Å². The van der Waals surface area contributed by atoms with Crippen molar-refractivity contribution >= 4 is 68.9 Å². The second kappa shape index (κ2) is 15.7. The number of para-hydroxylation sites is 1. The molecule has 0 spiro atoms. The number of benzene rings is 2. The number of carbonyl (C=O) groups excluding carboxylic acids is 3. The van der Waals surface area contributed by atoms with E-state index in [9.17, 15) is 19.2 Å². The quantitative estimate of drug-likeness (QED) is 0.128. The zero-order valence-corrected chi connectivity index (χ0v) is 25.9. The number of hydrogen-bond donors (Lipinski definition) is 2. The Kier molecular flexibility index (Phi) is 11.7. The number of unbranched alkanes of at least 4 members (excludes halogenated alkanes) is 7. The Balaban J connectivity index is 1.34. The summed E-state index contributed by atoms with van der Waals surface area (Å²) in [7, 11) is 0. The van der Waals surface area contributed by atoms with E-state index in [0.717, 1.165) is 63.1 Å². The molecule has 0 radical (unpaired) electrons. The molecule has 0 saturated carbocycles. The number of amides is 3. The van der Waals surface area contributed by atoms with Gasteiger partial charge in [0.25, 0.3) is 11.8 Å². The molecule has 0 aliphatic carbocycles. The highest BCUT2D eigenvalue weighted by Gasteiger charge is 2.42. The van der Waals surface area contributed by atoms with Gasteiger partial charge in [0, 0.05) is 24.2 Å². The number of thioether (sulfide) groups is 1. The molecule has 2 aliphatic heterocycles. The van der Waals surface area contributed by atoms with Gasteiger partial charge < -0.3 is 15.2 Å². The minimum absolute atomic E-state index is 0.202. The van der Waals surface area contributed by atoms with Crippen LogP contribution in [0.2, 0.25) is 0 Å². The van der Waals surface area contributed by atoms with Crippen LogP contribution in [0.25, 0.3) is 5.57 Å². The van der Waals surface area contributed by atoms with Crippen LogP contribution in [0.5, 0.6) is 5.75 Å². The summed E-state index contributed by atoms with van der Waals surface area (Å²) in [5.74, 6) is -1.07. The van der Waals surface area contributed by atoms with Gasteiger partial charge in [-0.2, -0.15) is 0 Å². The lowest BCUT2D eigenvalue weighted by molar-refractivity contribution is -0.137. The first kappa shape index (κ1) is 32.2. The van der Waals surface area contributed by atoms with Crippen LogP contribution < -0.4 is 15.0 Å². The average molecular weight is 624 g/mol. The smallest absolute Gasteiger partial charge is 0.303 e. The number of carboxylic acid groups (broad SMARTS) is 1. The van der Waals surface area contributed by atoms with Gasteiger partial charge in [-0.1, -0.05) is 80.7 Å². The number of carbonyl (C=O) groups is 4. The van der Waals surface area contributed by atoms with Crippen LogP contribution in [0, 0.1) is 0 Å². The fourth-order valence-corrected chi connectivity index (χ4v) is 6.53. The molecule has 4 rings (SSSR count). The maximum Gasteiger partial charge on any atom is 0.303 e. The van der Waals surface area contributed by atoms with E-state index < -0.39 is 11.9 Å².